The minimum absolute atomic E-state index is 0.113. The zero-order valence-electron chi connectivity index (χ0n) is 15.3. The van der Waals surface area contributed by atoms with Crippen LogP contribution in [0.1, 0.15) is 11.1 Å². The summed E-state index contributed by atoms with van der Waals surface area (Å²) in [7, 11) is 1.34. The Hall–Kier alpha value is -2.31. The lowest BCUT2D eigenvalue weighted by atomic mass is 10.0. The third-order valence-corrected chi connectivity index (χ3v) is 5.37. The van der Waals surface area contributed by atoms with E-state index in [-0.39, 0.29) is 17.8 Å². The largest absolute Gasteiger partial charge is 0.467 e. The molecule has 7 heteroatoms. The second-order valence-electron chi connectivity index (χ2n) is 6.38. The molecule has 0 aliphatic carbocycles. The van der Waals surface area contributed by atoms with Gasteiger partial charge < -0.3 is 14.6 Å². The van der Waals surface area contributed by atoms with Crippen molar-refractivity contribution in [3.8, 4) is 0 Å². The van der Waals surface area contributed by atoms with Gasteiger partial charge >= 0.3 is 5.97 Å². The van der Waals surface area contributed by atoms with Crippen molar-refractivity contribution in [1.29, 1.82) is 0 Å². The maximum absolute atomic E-state index is 12.7. The van der Waals surface area contributed by atoms with Crippen molar-refractivity contribution >= 4 is 50.3 Å². The number of ether oxygens (including phenoxy) is 1. The Morgan fingerprint density at radius 3 is 2.57 bits per heavy atom. The molecule has 0 unspecified atom stereocenters. The van der Waals surface area contributed by atoms with Gasteiger partial charge in [0.1, 0.15) is 6.04 Å². The summed E-state index contributed by atoms with van der Waals surface area (Å²) in [4.78, 5) is 30.0. The molecule has 1 amide bonds. The second-order valence-corrected chi connectivity index (χ2v) is 7.38. The van der Waals surface area contributed by atoms with E-state index in [0.29, 0.717) is 11.4 Å². The van der Waals surface area contributed by atoms with Gasteiger partial charge in [0.25, 0.3) is 0 Å². The first kappa shape index (κ1) is 20.4. The van der Waals surface area contributed by atoms with Crippen LogP contribution in [0.15, 0.2) is 54.7 Å². The van der Waals surface area contributed by atoms with Gasteiger partial charge in [0.2, 0.25) is 5.91 Å². The first-order chi connectivity index (χ1) is 13.5. The van der Waals surface area contributed by atoms with Crippen LogP contribution in [0.3, 0.4) is 0 Å². The maximum atomic E-state index is 12.7. The third kappa shape index (κ3) is 4.56. The molecule has 1 N–H and O–H groups in total. The Bertz CT molecular complexity index is 971. The Kier molecular flexibility index (Phi) is 6.75. The van der Waals surface area contributed by atoms with E-state index in [4.69, 9.17) is 16.3 Å². The van der Waals surface area contributed by atoms with Crippen LogP contribution in [0.2, 0.25) is 5.02 Å². The van der Waals surface area contributed by atoms with Crippen molar-refractivity contribution in [2.75, 3.05) is 12.4 Å². The number of nitrogens with zero attached hydrogens (tertiary/aromatic N) is 1. The third-order valence-electron chi connectivity index (χ3n) is 4.64. The predicted octanol–water partition coefficient (Wildman–Crippen LogP) is 4.33. The van der Waals surface area contributed by atoms with Crippen molar-refractivity contribution in [2.24, 2.45) is 0 Å². The van der Waals surface area contributed by atoms with Crippen molar-refractivity contribution < 1.29 is 14.3 Å². The lowest BCUT2D eigenvalue weighted by molar-refractivity contribution is -0.152. The highest BCUT2D eigenvalue weighted by molar-refractivity contribution is 9.09. The van der Waals surface area contributed by atoms with Crippen molar-refractivity contribution in [3.05, 3.63) is 70.9 Å². The minimum Gasteiger partial charge on any atom is -0.467 e. The highest BCUT2D eigenvalue weighted by Gasteiger charge is 2.31. The Morgan fingerprint density at radius 2 is 1.89 bits per heavy atom. The fraction of sp³-hybridized carbons (Fsp3) is 0.238. The number of carbonyl (C=O) groups is 2. The number of amides is 1. The fourth-order valence-electron chi connectivity index (χ4n) is 3.20. The molecule has 28 heavy (non-hydrogen) atoms. The first-order valence-electron chi connectivity index (χ1n) is 8.76. The standard InChI is InChI=1S/C21H20BrClN2O3/c1-28-21(27)19(10-15-12-24-18-5-3-2-4-17(15)18)25(20(26)11-22)13-14-6-8-16(23)9-7-14/h2-9,12,19,24H,10-11,13H2,1H3/t19-/m1/s1. The van der Waals surface area contributed by atoms with Crippen LogP contribution in [-0.4, -0.2) is 40.2 Å². The summed E-state index contributed by atoms with van der Waals surface area (Å²) in [6.45, 7) is 0.281. The maximum Gasteiger partial charge on any atom is 0.328 e. The van der Waals surface area contributed by atoms with Gasteiger partial charge in [-0.25, -0.2) is 4.79 Å². The molecule has 1 aromatic heterocycles. The van der Waals surface area contributed by atoms with Gasteiger partial charge in [-0.1, -0.05) is 57.9 Å². The van der Waals surface area contributed by atoms with Gasteiger partial charge in [-0.15, -0.1) is 0 Å². The van der Waals surface area contributed by atoms with E-state index >= 15 is 0 Å². The molecular formula is C21H20BrClN2O3. The SMILES string of the molecule is COC(=O)[C@@H](Cc1c[nH]c2ccccc12)N(Cc1ccc(Cl)cc1)C(=O)CBr. The first-order valence-corrected chi connectivity index (χ1v) is 10.3. The van der Waals surface area contributed by atoms with Gasteiger partial charge in [-0.3, -0.25) is 4.79 Å². The molecule has 146 valence electrons. The number of benzene rings is 2. The molecule has 0 fully saturated rings. The Morgan fingerprint density at radius 1 is 1.18 bits per heavy atom. The summed E-state index contributed by atoms with van der Waals surface area (Å²) in [5.41, 5.74) is 2.82. The molecular weight excluding hydrogens is 444 g/mol. The zero-order valence-corrected chi connectivity index (χ0v) is 17.7. The van der Waals surface area contributed by atoms with E-state index in [9.17, 15) is 9.59 Å². The molecule has 1 atom stereocenters. The van der Waals surface area contributed by atoms with E-state index in [1.54, 1.807) is 17.0 Å². The van der Waals surface area contributed by atoms with Gasteiger partial charge in [0, 0.05) is 35.1 Å². The monoisotopic (exact) mass is 462 g/mol. The summed E-state index contributed by atoms with van der Waals surface area (Å²) in [6.07, 6.45) is 2.22. The smallest absolute Gasteiger partial charge is 0.328 e. The zero-order chi connectivity index (χ0) is 20.1. The van der Waals surface area contributed by atoms with E-state index < -0.39 is 12.0 Å². The topological polar surface area (TPSA) is 62.4 Å². The van der Waals surface area contributed by atoms with Crippen LogP contribution in [0.5, 0.6) is 0 Å². The molecule has 0 radical (unpaired) electrons. The number of nitrogens with one attached hydrogen (secondary N) is 1. The summed E-state index contributed by atoms with van der Waals surface area (Å²) in [5, 5.41) is 1.75. The fourth-order valence-corrected chi connectivity index (χ4v) is 3.65. The summed E-state index contributed by atoms with van der Waals surface area (Å²) in [5.74, 6) is -0.640. The highest BCUT2D eigenvalue weighted by atomic mass is 79.9. The lowest BCUT2D eigenvalue weighted by Gasteiger charge is -2.29. The van der Waals surface area contributed by atoms with Gasteiger partial charge in [-0.05, 0) is 29.3 Å². The summed E-state index contributed by atoms with van der Waals surface area (Å²) in [6, 6.07) is 14.3. The van der Waals surface area contributed by atoms with Crippen LogP contribution < -0.4 is 0 Å². The van der Waals surface area contributed by atoms with Crippen LogP contribution >= 0.6 is 27.5 Å². The van der Waals surface area contributed by atoms with E-state index in [1.807, 2.05) is 42.6 Å². The molecule has 1 heterocycles. The molecule has 5 nitrogen and oxygen atoms in total. The summed E-state index contributed by atoms with van der Waals surface area (Å²) < 4.78 is 5.03. The van der Waals surface area contributed by atoms with Gasteiger partial charge in [0.15, 0.2) is 0 Å². The number of carbonyl (C=O) groups excluding carboxylic acids is 2. The molecule has 3 aromatic rings. The van der Waals surface area contributed by atoms with Crippen LogP contribution in [-0.2, 0) is 27.3 Å². The number of esters is 1. The number of rotatable bonds is 7. The van der Waals surface area contributed by atoms with Gasteiger partial charge in [0.05, 0.1) is 12.4 Å². The molecule has 0 aliphatic heterocycles. The number of hydrogen-bond donors (Lipinski definition) is 1. The molecule has 0 aliphatic rings. The number of aromatic amines is 1. The number of alkyl halides is 1. The average molecular weight is 464 g/mol. The molecule has 3 rings (SSSR count). The Balaban J connectivity index is 1.94. The van der Waals surface area contributed by atoms with E-state index in [0.717, 1.165) is 22.0 Å². The van der Waals surface area contributed by atoms with E-state index in [2.05, 4.69) is 20.9 Å². The molecule has 2 aromatic carbocycles. The number of aromatic nitrogens is 1. The molecule has 0 saturated carbocycles. The normalized spacial score (nSPS) is 12.0. The van der Waals surface area contributed by atoms with Crippen molar-refractivity contribution in [2.45, 2.75) is 19.0 Å². The minimum atomic E-state index is -0.745. The molecule has 0 saturated heterocycles. The number of H-pyrrole nitrogens is 1. The van der Waals surface area contributed by atoms with Crippen LogP contribution in [0, 0.1) is 0 Å². The predicted molar refractivity (Wildman–Crippen MR) is 114 cm³/mol. The van der Waals surface area contributed by atoms with E-state index in [1.165, 1.54) is 7.11 Å². The molecule has 0 bridgehead atoms. The summed E-state index contributed by atoms with van der Waals surface area (Å²) >= 11 is 9.19. The number of methoxy groups -OCH3 is 1. The lowest BCUT2D eigenvalue weighted by Crippen LogP contribution is -2.47. The Labute approximate surface area is 176 Å². The van der Waals surface area contributed by atoms with Crippen LogP contribution in [0.25, 0.3) is 10.9 Å². The second kappa shape index (κ2) is 9.26. The number of para-hydroxylation sites is 1. The number of fused-ring (bicyclic) bond motifs is 1. The van der Waals surface area contributed by atoms with Crippen LogP contribution in [0.4, 0.5) is 0 Å². The molecule has 0 spiro atoms. The quantitative estimate of drug-likeness (QED) is 0.419. The van der Waals surface area contributed by atoms with Crippen molar-refractivity contribution in [1.82, 2.24) is 9.88 Å². The average Bonchev–Trinajstić information content (AvgIpc) is 3.13. The number of halogens is 2. The van der Waals surface area contributed by atoms with Crippen molar-refractivity contribution in [3.63, 3.8) is 0 Å². The highest BCUT2D eigenvalue weighted by Crippen LogP contribution is 2.23. The van der Waals surface area contributed by atoms with Gasteiger partial charge in [-0.2, -0.15) is 0 Å². The number of hydrogen-bond acceptors (Lipinski definition) is 3.